The van der Waals surface area contributed by atoms with Crippen LogP contribution in [-0.4, -0.2) is 17.5 Å². The fourth-order valence-corrected chi connectivity index (χ4v) is 3.75. The quantitative estimate of drug-likeness (QED) is 0.672. The maximum Gasteiger partial charge on any atom is 0.193 e. The second-order valence-corrected chi connectivity index (χ2v) is 6.86. The number of hydrogen-bond acceptors (Lipinski definition) is 3. The van der Waals surface area contributed by atoms with Crippen LogP contribution in [0.1, 0.15) is 34.0 Å². The molecule has 0 saturated heterocycles. The minimum Gasteiger partial charge on any atom is -0.370 e. The molecule has 1 aliphatic carbocycles. The fourth-order valence-electron chi connectivity index (χ4n) is 2.61. The van der Waals surface area contributed by atoms with Crippen LogP contribution in [0.15, 0.2) is 29.3 Å². The van der Waals surface area contributed by atoms with E-state index in [1.807, 2.05) is 23.5 Å². The smallest absolute Gasteiger partial charge is 0.193 e. The molecule has 4 nitrogen and oxygen atoms in total. The Labute approximate surface area is 135 Å². The van der Waals surface area contributed by atoms with Crippen LogP contribution >= 0.6 is 11.3 Å². The standard InChI is InChI=1S/C17H22N4S/c1-12-6-8-13(9-7-12)20-17(18)19-11-10-16-21-14-4-2-3-5-15(14)22-16/h6-9H,2-5,10-11H2,1H3,(H3,18,19,20). The number of anilines is 1. The zero-order valence-corrected chi connectivity index (χ0v) is 13.7. The van der Waals surface area contributed by atoms with E-state index in [4.69, 9.17) is 10.7 Å². The molecule has 22 heavy (non-hydrogen) atoms. The molecule has 0 amide bonds. The van der Waals surface area contributed by atoms with Crippen LogP contribution in [0.4, 0.5) is 5.69 Å². The molecule has 1 aromatic heterocycles. The SMILES string of the molecule is Cc1ccc(NC(N)=NCCc2nc3c(s2)CCCC3)cc1. The van der Waals surface area contributed by atoms with Gasteiger partial charge in [-0.2, -0.15) is 0 Å². The van der Waals surface area contributed by atoms with Gasteiger partial charge < -0.3 is 11.1 Å². The van der Waals surface area contributed by atoms with E-state index < -0.39 is 0 Å². The van der Waals surface area contributed by atoms with Crippen LogP contribution in [0, 0.1) is 6.92 Å². The molecule has 1 aromatic carbocycles. The molecule has 3 rings (SSSR count). The van der Waals surface area contributed by atoms with Crippen LogP contribution in [0.3, 0.4) is 0 Å². The van der Waals surface area contributed by atoms with Gasteiger partial charge in [0.15, 0.2) is 5.96 Å². The van der Waals surface area contributed by atoms with Crippen LogP contribution in [0.25, 0.3) is 0 Å². The van der Waals surface area contributed by atoms with E-state index in [-0.39, 0.29) is 0 Å². The van der Waals surface area contributed by atoms with Gasteiger partial charge in [-0.05, 0) is 44.7 Å². The van der Waals surface area contributed by atoms with E-state index in [1.165, 1.54) is 40.4 Å². The van der Waals surface area contributed by atoms with Gasteiger partial charge in [-0.1, -0.05) is 17.7 Å². The summed E-state index contributed by atoms with van der Waals surface area (Å²) in [5.74, 6) is 0.463. The Morgan fingerprint density at radius 3 is 2.82 bits per heavy atom. The highest BCUT2D eigenvalue weighted by Gasteiger charge is 2.14. The van der Waals surface area contributed by atoms with Gasteiger partial charge in [-0.3, -0.25) is 4.99 Å². The van der Waals surface area contributed by atoms with Crippen LogP contribution < -0.4 is 11.1 Å². The third-order valence-electron chi connectivity index (χ3n) is 3.82. The molecule has 3 N–H and O–H groups in total. The number of nitrogens with zero attached hydrogens (tertiary/aromatic N) is 2. The number of aliphatic imine (C=N–C) groups is 1. The molecule has 116 valence electrons. The average molecular weight is 314 g/mol. The van der Waals surface area contributed by atoms with Crippen molar-refractivity contribution in [1.82, 2.24) is 4.98 Å². The van der Waals surface area contributed by atoms with Crippen LogP contribution in [-0.2, 0) is 19.3 Å². The third-order valence-corrected chi connectivity index (χ3v) is 5.04. The summed E-state index contributed by atoms with van der Waals surface area (Å²) in [7, 11) is 0. The maximum atomic E-state index is 5.93. The number of thiazole rings is 1. The van der Waals surface area contributed by atoms with Gasteiger partial charge in [0.2, 0.25) is 0 Å². The van der Waals surface area contributed by atoms with E-state index in [0.29, 0.717) is 12.5 Å². The Morgan fingerprint density at radius 2 is 2.05 bits per heavy atom. The number of aromatic nitrogens is 1. The Hall–Kier alpha value is -1.88. The van der Waals surface area contributed by atoms with Crippen molar-refractivity contribution in [3.63, 3.8) is 0 Å². The highest BCUT2D eigenvalue weighted by atomic mass is 32.1. The van der Waals surface area contributed by atoms with Crippen molar-refractivity contribution >= 4 is 23.0 Å². The number of nitrogens with two attached hydrogens (primary N) is 1. The molecule has 0 atom stereocenters. The second kappa shape index (κ2) is 6.92. The van der Waals surface area contributed by atoms with Gasteiger partial charge in [0.05, 0.1) is 10.7 Å². The summed E-state index contributed by atoms with van der Waals surface area (Å²) in [6.45, 7) is 2.74. The van der Waals surface area contributed by atoms with Crippen molar-refractivity contribution in [1.29, 1.82) is 0 Å². The van der Waals surface area contributed by atoms with Crippen LogP contribution in [0.5, 0.6) is 0 Å². The van der Waals surface area contributed by atoms with Crippen molar-refractivity contribution in [3.8, 4) is 0 Å². The highest BCUT2D eigenvalue weighted by Crippen LogP contribution is 2.26. The normalized spacial score (nSPS) is 14.7. The van der Waals surface area contributed by atoms with E-state index in [2.05, 4.69) is 29.4 Å². The molecule has 2 aromatic rings. The van der Waals surface area contributed by atoms with Crippen molar-refractivity contribution in [2.75, 3.05) is 11.9 Å². The summed E-state index contributed by atoms with van der Waals surface area (Å²) in [5, 5.41) is 4.31. The van der Waals surface area contributed by atoms with Crippen molar-refractivity contribution in [3.05, 3.63) is 45.4 Å². The van der Waals surface area contributed by atoms with Gasteiger partial charge in [0.1, 0.15) is 0 Å². The molecule has 1 aliphatic rings. The minimum atomic E-state index is 0.463. The first-order valence-corrected chi connectivity index (χ1v) is 8.63. The molecule has 0 fully saturated rings. The summed E-state index contributed by atoms with van der Waals surface area (Å²) in [6.07, 6.45) is 5.80. The monoisotopic (exact) mass is 314 g/mol. The number of fused-ring (bicyclic) bond motifs is 1. The third kappa shape index (κ3) is 3.85. The highest BCUT2D eigenvalue weighted by molar-refractivity contribution is 7.11. The lowest BCUT2D eigenvalue weighted by molar-refractivity contribution is 0.680. The number of guanidine groups is 1. The van der Waals surface area contributed by atoms with Crippen molar-refractivity contribution < 1.29 is 0 Å². The summed E-state index contributed by atoms with van der Waals surface area (Å²) in [5.41, 5.74) is 9.45. The Bertz CT molecular complexity index is 634. The fraction of sp³-hybridized carbons (Fsp3) is 0.412. The van der Waals surface area contributed by atoms with Gasteiger partial charge in [0.25, 0.3) is 0 Å². The first-order chi connectivity index (χ1) is 10.7. The number of hydrogen-bond donors (Lipinski definition) is 2. The number of rotatable bonds is 4. The van der Waals surface area contributed by atoms with E-state index in [9.17, 15) is 0 Å². The zero-order valence-electron chi connectivity index (χ0n) is 12.9. The first kappa shape index (κ1) is 15.0. The topological polar surface area (TPSA) is 63.3 Å². The van der Waals surface area contributed by atoms with Crippen molar-refractivity contribution in [2.45, 2.75) is 39.0 Å². The summed E-state index contributed by atoms with van der Waals surface area (Å²) in [6, 6.07) is 8.12. The molecule has 0 spiro atoms. The van der Waals surface area contributed by atoms with Gasteiger partial charge in [0, 0.05) is 23.5 Å². The van der Waals surface area contributed by atoms with Crippen molar-refractivity contribution in [2.24, 2.45) is 10.7 Å². The van der Waals surface area contributed by atoms with Gasteiger partial charge in [-0.15, -0.1) is 11.3 Å². The predicted octanol–water partition coefficient (Wildman–Crippen LogP) is 3.30. The van der Waals surface area contributed by atoms with E-state index >= 15 is 0 Å². The Kier molecular flexibility index (Phi) is 4.73. The molecule has 0 bridgehead atoms. The summed E-state index contributed by atoms with van der Waals surface area (Å²) in [4.78, 5) is 10.6. The number of benzene rings is 1. The molecule has 0 radical (unpaired) electrons. The van der Waals surface area contributed by atoms with E-state index in [1.54, 1.807) is 0 Å². The molecule has 0 unspecified atom stereocenters. The van der Waals surface area contributed by atoms with Crippen LogP contribution in [0.2, 0.25) is 0 Å². The Balaban J connectivity index is 1.52. The minimum absolute atomic E-state index is 0.463. The molecule has 1 heterocycles. The zero-order chi connectivity index (χ0) is 15.4. The number of aryl methyl sites for hydroxylation is 3. The van der Waals surface area contributed by atoms with Gasteiger partial charge >= 0.3 is 0 Å². The lowest BCUT2D eigenvalue weighted by Gasteiger charge is -2.06. The lowest BCUT2D eigenvalue weighted by atomic mass is 10.0. The molecule has 0 saturated carbocycles. The Morgan fingerprint density at radius 1 is 1.27 bits per heavy atom. The summed E-state index contributed by atoms with van der Waals surface area (Å²) >= 11 is 1.85. The molecular formula is C17H22N4S. The number of nitrogens with one attached hydrogen (secondary N) is 1. The summed E-state index contributed by atoms with van der Waals surface area (Å²) < 4.78 is 0. The maximum absolute atomic E-state index is 5.93. The predicted molar refractivity (Wildman–Crippen MR) is 93.8 cm³/mol. The molecular weight excluding hydrogens is 292 g/mol. The van der Waals surface area contributed by atoms with Gasteiger partial charge in [-0.25, -0.2) is 4.98 Å². The second-order valence-electron chi connectivity index (χ2n) is 5.69. The molecule has 0 aliphatic heterocycles. The largest absolute Gasteiger partial charge is 0.370 e. The van der Waals surface area contributed by atoms with E-state index in [0.717, 1.165) is 18.5 Å². The molecule has 5 heteroatoms. The lowest BCUT2D eigenvalue weighted by Crippen LogP contribution is -2.23. The first-order valence-electron chi connectivity index (χ1n) is 7.82. The average Bonchev–Trinajstić information content (AvgIpc) is 2.92.